The van der Waals surface area contributed by atoms with Crippen molar-refractivity contribution in [3.05, 3.63) is 40.9 Å². The summed E-state index contributed by atoms with van der Waals surface area (Å²) in [6.07, 6.45) is 6.84. The molecule has 0 amide bonds. The molecule has 0 bridgehead atoms. The number of ether oxygens (including phenoxy) is 1. The van der Waals surface area contributed by atoms with E-state index in [9.17, 15) is 0 Å². The molecule has 1 aromatic carbocycles. The highest BCUT2D eigenvalue weighted by Crippen LogP contribution is 2.15. The maximum Gasteiger partial charge on any atom is 0.0759 e. The average Bonchev–Trinajstić information content (AvgIpc) is 2.70. The lowest BCUT2D eigenvalue weighted by Gasteiger charge is -2.01. The minimum atomic E-state index is 0.311. The van der Waals surface area contributed by atoms with Gasteiger partial charge in [-0.2, -0.15) is 0 Å². The van der Waals surface area contributed by atoms with Crippen molar-refractivity contribution in [2.75, 3.05) is 6.61 Å². The Morgan fingerprint density at radius 2 is 2.07 bits per heavy atom. The van der Waals surface area contributed by atoms with Crippen molar-refractivity contribution in [1.29, 1.82) is 0 Å². The lowest BCUT2D eigenvalue weighted by Crippen LogP contribution is -1.98. The summed E-state index contributed by atoms with van der Waals surface area (Å²) in [6.45, 7) is 0.898. The number of rotatable bonds is 2. The molecule has 14 heavy (non-hydrogen) atoms. The molecule has 1 heterocycles. The third kappa shape index (κ3) is 2.60. The predicted octanol–water partition coefficient (Wildman–Crippen LogP) is 3.53. The van der Waals surface area contributed by atoms with E-state index in [4.69, 9.17) is 16.3 Å². The van der Waals surface area contributed by atoms with Gasteiger partial charge in [-0.25, -0.2) is 0 Å². The van der Waals surface area contributed by atoms with Crippen molar-refractivity contribution in [3.8, 4) is 0 Å². The van der Waals surface area contributed by atoms with Gasteiger partial charge >= 0.3 is 0 Å². The van der Waals surface area contributed by atoms with Crippen molar-refractivity contribution >= 4 is 17.7 Å². The van der Waals surface area contributed by atoms with Crippen LogP contribution in [0.1, 0.15) is 18.4 Å². The van der Waals surface area contributed by atoms with Gasteiger partial charge in [0, 0.05) is 11.6 Å². The molecule has 1 aliphatic heterocycles. The van der Waals surface area contributed by atoms with Gasteiger partial charge in [-0.1, -0.05) is 35.9 Å². The van der Waals surface area contributed by atoms with Gasteiger partial charge in [0.05, 0.1) is 6.10 Å². The Morgan fingerprint density at radius 3 is 2.71 bits per heavy atom. The summed E-state index contributed by atoms with van der Waals surface area (Å²) < 4.78 is 5.49. The maximum atomic E-state index is 5.79. The molecule has 0 saturated carbocycles. The Labute approximate surface area is 89.3 Å². The minimum absolute atomic E-state index is 0.311. The standard InChI is InChI=1S/C12H13ClO/c13-11-6-3-10(4-7-11)5-8-12-2-1-9-14-12/h3-8,12H,1-2,9H2. The van der Waals surface area contributed by atoms with Gasteiger partial charge in [0.15, 0.2) is 0 Å². The lowest BCUT2D eigenvalue weighted by atomic mass is 10.1. The highest BCUT2D eigenvalue weighted by Gasteiger charge is 2.10. The van der Waals surface area contributed by atoms with Crippen molar-refractivity contribution in [3.63, 3.8) is 0 Å². The van der Waals surface area contributed by atoms with Crippen LogP contribution in [0.15, 0.2) is 30.3 Å². The van der Waals surface area contributed by atoms with Crippen LogP contribution in [0.4, 0.5) is 0 Å². The fourth-order valence-electron chi connectivity index (χ4n) is 1.55. The van der Waals surface area contributed by atoms with E-state index in [0.29, 0.717) is 6.10 Å². The zero-order valence-corrected chi connectivity index (χ0v) is 8.70. The summed E-state index contributed by atoms with van der Waals surface area (Å²) in [6, 6.07) is 7.81. The van der Waals surface area contributed by atoms with E-state index < -0.39 is 0 Å². The van der Waals surface area contributed by atoms with E-state index in [2.05, 4.69) is 12.2 Å². The van der Waals surface area contributed by atoms with E-state index >= 15 is 0 Å². The monoisotopic (exact) mass is 208 g/mol. The number of benzene rings is 1. The number of halogens is 1. The largest absolute Gasteiger partial charge is 0.374 e. The molecule has 2 rings (SSSR count). The van der Waals surface area contributed by atoms with Crippen molar-refractivity contribution in [2.24, 2.45) is 0 Å². The first kappa shape index (κ1) is 9.75. The fraction of sp³-hybridized carbons (Fsp3) is 0.333. The molecule has 1 saturated heterocycles. The SMILES string of the molecule is Clc1ccc(C=CC2CCCO2)cc1. The maximum absolute atomic E-state index is 5.79. The van der Waals surface area contributed by atoms with Gasteiger partial charge in [-0.15, -0.1) is 0 Å². The van der Waals surface area contributed by atoms with Crippen LogP contribution in [-0.4, -0.2) is 12.7 Å². The lowest BCUT2D eigenvalue weighted by molar-refractivity contribution is 0.146. The molecule has 1 atom stereocenters. The first-order valence-corrected chi connectivity index (χ1v) is 5.28. The Hall–Kier alpha value is -0.790. The molecule has 0 N–H and O–H groups in total. The molecule has 1 nitrogen and oxygen atoms in total. The molecule has 0 spiro atoms. The zero-order valence-electron chi connectivity index (χ0n) is 7.95. The van der Waals surface area contributed by atoms with Crippen LogP contribution in [0.2, 0.25) is 5.02 Å². The first-order valence-electron chi connectivity index (χ1n) is 4.90. The molecule has 74 valence electrons. The molecule has 1 aromatic rings. The van der Waals surface area contributed by atoms with Crippen LogP contribution in [0, 0.1) is 0 Å². The molecule has 0 radical (unpaired) electrons. The molecule has 1 fully saturated rings. The molecular formula is C12H13ClO. The van der Waals surface area contributed by atoms with Crippen LogP contribution in [-0.2, 0) is 4.74 Å². The Morgan fingerprint density at radius 1 is 1.29 bits per heavy atom. The second-order valence-corrected chi connectivity index (χ2v) is 3.90. The van der Waals surface area contributed by atoms with E-state index in [1.165, 1.54) is 12.0 Å². The zero-order chi connectivity index (χ0) is 9.80. The minimum Gasteiger partial charge on any atom is -0.374 e. The van der Waals surface area contributed by atoms with E-state index in [-0.39, 0.29) is 0 Å². The summed E-state index contributed by atoms with van der Waals surface area (Å²) in [7, 11) is 0. The van der Waals surface area contributed by atoms with Crippen LogP contribution >= 0.6 is 11.6 Å². The molecule has 0 aromatic heterocycles. The second kappa shape index (κ2) is 4.63. The summed E-state index contributed by atoms with van der Waals surface area (Å²) in [5, 5.41) is 0.777. The highest BCUT2D eigenvalue weighted by atomic mass is 35.5. The summed E-state index contributed by atoms with van der Waals surface area (Å²) >= 11 is 5.79. The van der Waals surface area contributed by atoms with Crippen molar-refractivity contribution in [1.82, 2.24) is 0 Å². The van der Waals surface area contributed by atoms with Crippen molar-refractivity contribution < 1.29 is 4.74 Å². The third-order valence-corrected chi connectivity index (χ3v) is 2.59. The van der Waals surface area contributed by atoms with Gasteiger partial charge in [-0.3, -0.25) is 0 Å². The van der Waals surface area contributed by atoms with Gasteiger partial charge < -0.3 is 4.74 Å². The van der Waals surface area contributed by atoms with Crippen LogP contribution in [0.25, 0.3) is 6.08 Å². The van der Waals surface area contributed by atoms with Gasteiger partial charge in [0.25, 0.3) is 0 Å². The van der Waals surface area contributed by atoms with Crippen LogP contribution < -0.4 is 0 Å². The Balaban J connectivity index is 1.99. The van der Waals surface area contributed by atoms with Crippen LogP contribution in [0.3, 0.4) is 0 Å². The topological polar surface area (TPSA) is 9.23 Å². The van der Waals surface area contributed by atoms with E-state index in [1.807, 2.05) is 24.3 Å². The Bertz CT molecular complexity index is 310. The molecule has 2 heteroatoms. The average molecular weight is 209 g/mol. The highest BCUT2D eigenvalue weighted by molar-refractivity contribution is 6.30. The molecule has 0 aliphatic carbocycles. The molecule has 1 unspecified atom stereocenters. The summed E-state index contributed by atoms with van der Waals surface area (Å²) in [5.74, 6) is 0. The second-order valence-electron chi connectivity index (χ2n) is 3.46. The number of hydrogen-bond donors (Lipinski definition) is 0. The Kier molecular flexibility index (Phi) is 3.22. The third-order valence-electron chi connectivity index (χ3n) is 2.34. The molecule has 1 aliphatic rings. The van der Waals surface area contributed by atoms with Gasteiger partial charge in [-0.05, 0) is 30.5 Å². The fourth-order valence-corrected chi connectivity index (χ4v) is 1.67. The van der Waals surface area contributed by atoms with Gasteiger partial charge in [0.1, 0.15) is 0 Å². The van der Waals surface area contributed by atoms with Gasteiger partial charge in [0.2, 0.25) is 0 Å². The van der Waals surface area contributed by atoms with E-state index in [0.717, 1.165) is 18.1 Å². The normalized spacial score (nSPS) is 21.9. The summed E-state index contributed by atoms with van der Waals surface area (Å²) in [5.41, 5.74) is 1.17. The first-order chi connectivity index (χ1) is 6.84. The number of hydrogen-bond acceptors (Lipinski definition) is 1. The quantitative estimate of drug-likeness (QED) is 0.723. The predicted molar refractivity (Wildman–Crippen MR) is 59.5 cm³/mol. The van der Waals surface area contributed by atoms with Crippen molar-refractivity contribution in [2.45, 2.75) is 18.9 Å². The smallest absolute Gasteiger partial charge is 0.0759 e. The summed E-state index contributed by atoms with van der Waals surface area (Å²) in [4.78, 5) is 0. The van der Waals surface area contributed by atoms with E-state index in [1.54, 1.807) is 0 Å². The van der Waals surface area contributed by atoms with Crippen LogP contribution in [0.5, 0.6) is 0 Å². The molecular weight excluding hydrogens is 196 g/mol.